The maximum Gasteiger partial charge on any atom is 0.308 e. The second-order valence-electron chi connectivity index (χ2n) is 4.74. The number of rotatable bonds is 6. The number of nitrogens with one attached hydrogen (secondary N) is 1. The zero-order valence-electron chi connectivity index (χ0n) is 10.8. The van der Waals surface area contributed by atoms with Gasteiger partial charge in [0.05, 0.1) is 11.8 Å². The summed E-state index contributed by atoms with van der Waals surface area (Å²) in [7, 11) is 1.66. The number of carbonyl (C=O) groups excluding carboxylic acids is 2. The molecule has 2 atom stereocenters. The molecule has 1 heterocycles. The molecule has 0 saturated carbocycles. The minimum atomic E-state index is -0.892. The molecule has 0 aromatic heterocycles. The van der Waals surface area contributed by atoms with Crippen LogP contribution in [0.25, 0.3) is 0 Å². The normalized spacial score (nSPS) is 20.9. The molecule has 2 amide bonds. The quantitative estimate of drug-likeness (QED) is 0.704. The van der Waals surface area contributed by atoms with E-state index in [0.29, 0.717) is 13.0 Å². The molecule has 18 heavy (non-hydrogen) atoms. The molecule has 0 aliphatic carbocycles. The number of carboxylic acids is 1. The van der Waals surface area contributed by atoms with Crippen molar-refractivity contribution in [1.82, 2.24) is 10.2 Å². The molecule has 2 N–H and O–H groups in total. The van der Waals surface area contributed by atoms with Gasteiger partial charge in [0.1, 0.15) is 0 Å². The monoisotopic (exact) mass is 256 g/mol. The third-order valence-electron chi connectivity index (χ3n) is 3.22. The molecule has 0 radical (unpaired) electrons. The molecular weight excluding hydrogens is 236 g/mol. The topological polar surface area (TPSA) is 86.7 Å². The molecule has 1 saturated heterocycles. The number of hydrogen-bond donors (Lipinski definition) is 2. The Labute approximate surface area is 106 Å². The Morgan fingerprint density at radius 3 is 2.67 bits per heavy atom. The highest BCUT2D eigenvalue weighted by Crippen LogP contribution is 2.16. The first kappa shape index (κ1) is 14.5. The summed E-state index contributed by atoms with van der Waals surface area (Å²) in [5.41, 5.74) is 0. The summed E-state index contributed by atoms with van der Waals surface area (Å²) in [5.74, 6) is -2.06. The van der Waals surface area contributed by atoms with Crippen LogP contribution in [0.15, 0.2) is 0 Å². The summed E-state index contributed by atoms with van der Waals surface area (Å²) in [6.07, 6.45) is 1.52. The summed E-state index contributed by atoms with van der Waals surface area (Å²) in [4.78, 5) is 35.5. The average molecular weight is 256 g/mol. The maximum atomic E-state index is 11.8. The Bertz CT molecular complexity index is 343. The van der Waals surface area contributed by atoms with Crippen LogP contribution in [0.1, 0.15) is 26.2 Å². The van der Waals surface area contributed by atoms with E-state index < -0.39 is 11.9 Å². The predicted molar refractivity (Wildman–Crippen MR) is 64.8 cm³/mol. The number of aliphatic carboxylic acids is 1. The number of amides is 2. The molecule has 0 aromatic rings. The number of likely N-dealkylation sites (tertiary alicyclic amines) is 1. The van der Waals surface area contributed by atoms with Crippen LogP contribution in [0.5, 0.6) is 0 Å². The average Bonchev–Trinajstić information content (AvgIpc) is 2.64. The molecule has 2 unspecified atom stereocenters. The molecule has 6 heteroatoms. The van der Waals surface area contributed by atoms with E-state index in [1.807, 2.05) is 6.92 Å². The van der Waals surface area contributed by atoms with Gasteiger partial charge in [-0.05, 0) is 6.42 Å². The lowest BCUT2D eigenvalue weighted by molar-refractivity contribution is -0.142. The van der Waals surface area contributed by atoms with Crippen molar-refractivity contribution in [3.05, 3.63) is 0 Å². The minimum absolute atomic E-state index is 0.0431. The van der Waals surface area contributed by atoms with Gasteiger partial charge in [0.15, 0.2) is 0 Å². The lowest BCUT2D eigenvalue weighted by atomic mass is 10.0. The molecule has 1 aliphatic rings. The summed E-state index contributed by atoms with van der Waals surface area (Å²) < 4.78 is 0. The first-order chi connectivity index (χ1) is 8.45. The fraction of sp³-hybridized carbons (Fsp3) is 0.750. The van der Waals surface area contributed by atoms with Gasteiger partial charge in [-0.15, -0.1) is 0 Å². The van der Waals surface area contributed by atoms with Gasteiger partial charge in [-0.3, -0.25) is 14.4 Å². The Kier molecular flexibility index (Phi) is 5.12. The van der Waals surface area contributed by atoms with Gasteiger partial charge < -0.3 is 15.3 Å². The Morgan fingerprint density at radius 1 is 1.56 bits per heavy atom. The fourth-order valence-electron chi connectivity index (χ4n) is 2.07. The third-order valence-corrected chi connectivity index (χ3v) is 3.22. The van der Waals surface area contributed by atoms with Gasteiger partial charge >= 0.3 is 5.97 Å². The van der Waals surface area contributed by atoms with Crippen molar-refractivity contribution in [2.75, 3.05) is 20.1 Å². The van der Waals surface area contributed by atoms with Crippen LogP contribution in [-0.2, 0) is 14.4 Å². The molecule has 6 nitrogen and oxygen atoms in total. The second kappa shape index (κ2) is 6.37. The van der Waals surface area contributed by atoms with E-state index in [-0.39, 0.29) is 30.7 Å². The number of carbonyl (C=O) groups is 3. The first-order valence-corrected chi connectivity index (χ1v) is 6.20. The Balaban J connectivity index is 2.41. The zero-order chi connectivity index (χ0) is 13.7. The number of nitrogens with zero attached hydrogens (tertiary/aromatic N) is 1. The highest BCUT2D eigenvalue weighted by molar-refractivity contribution is 5.89. The van der Waals surface area contributed by atoms with E-state index in [4.69, 9.17) is 5.11 Å². The van der Waals surface area contributed by atoms with E-state index in [0.717, 1.165) is 6.42 Å². The zero-order valence-corrected chi connectivity index (χ0v) is 10.8. The molecular formula is C12H20N2O4. The van der Waals surface area contributed by atoms with Gasteiger partial charge in [0, 0.05) is 26.6 Å². The molecule has 0 bridgehead atoms. The van der Waals surface area contributed by atoms with Gasteiger partial charge in [0.25, 0.3) is 0 Å². The predicted octanol–water partition coefficient (Wildman–Crippen LogP) is 0.0818. The van der Waals surface area contributed by atoms with Crippen molar-refractivity contribution in [2.45, 2.75) is 26.2 Å². The number of carboxylic acid groups (broad SMARTS) is 1. The highest BCUT2D eigenvalue weighted by atomic mass is 16.4. The van der Waals surface area contributed by atoms with E-state index >= 15 is 0 Å². The van der Waals surface area contributed by atoms with Gasteiger partial charge in [-0.1, -0.05) is 13.3 Å². The van der Waals surface area contributed by atoms with Crippen molar-refractivity contribution < 1.29 is 19.5 Å². The van der Waals surface area contributed by atoms with Crippen LogP contribution in [0, 0.1) is 11.8 Å². The maximum absolute atomic E-state index is 11.8. The highest BCUT2D eigenvalue weighted by Gasteiger charge is 2.32. The van der Waals surface area contributed by atoms with Crippen LogP contribution >= 0.6 is 0 Å². The van der Waals surface area contributed by atoms with Crippen LogP contribution in [0.2, 0.25) is 0 Å². The van der Waals surface area contributed by atoms with Crippen molar-refractivity contribution in [3.8, 4) is 0 Å². The van der Waals surface area contributed by atoms with Crippen LogP contribution in [0.3, 0.4) is 0 Å². The first-order valence-electron chi connectivity index (χ1n) is 6.20. The second-order valence-corrected chi connectivity index (χ2v) is 4.74. The lowest BCUT2D eigenvalue weighted by Crippen LogP contribution is -2.37. The molecule has 1 fully saturated rings. The third kappa shape index (κ3) is 3.72. The van der Waals surface area contributed by atoms with E-state index in [1.54, 1.807) is 7.05 Å². The lowest BCUT2D eigenvalue weighted by Gasteiger charge is -2.14. The number of hydrogen-bond acceptors (Lipinski definition) is 3. The molecule has 0 aromatic carbocycles. The van der Waals surface area contributed by atoms with E-state index in [1.165, 1.54) is 4.90 Å². The fourth-order valence-corrected chi connectivity index (χ4v) is 2.07. The van der Waals surface area contributed by atoms with Crippen LogP contribution in [-0.4, -0.2) is 47.9 Å². The standard InChI is InChI=1S/C12H20N2O4/c1-3-4-8(12(17)18)6-13-11(16)9-5-10(15)14(2)7-9/h8-9H,3-7H2,1-2H3,(H,13,16)(H,17,18). The molecule has 102 valence electrons. The molecule has 1 rings (SSSR count). The largest absolute Gasteiger partial charge is 0.481 e. The van der Waals surface area contributed by atoms with Gasteiger partial charge in [-0.2, -0.15) is 0 Å². The van der Waals surface area contributed by atoms with Crippen molar-refractivity contribution in [1.29, 1.82) is 0 Å². The van der Waals surface area contributed by atoms with Gasteiger partial charge in [0.2, 0.25) is 11.8 Å². The minimum Gasteiger partial charge on any atom is -0.481 e. The molecule has 1 aliphatic heterocycles. The van der Waals surface area contributed by atoms with Crippen LogP contribution in [0.4, 0.5) is 0 Å². The summed E-state index contributed by atoms with van der Waals surface area (Å²) in [6.45, 7) is 2.45. The summed E-state index contributed by atoms with van der Waals surface area (Å²) >= 11 is 0. The summed E-state index contributed by atoms with van der Waals surface area (Å²) in [5, 5.41) is 11.6. The summed E-state index contributed by atoms with van der Waals surface area (Å²) in [6, 6.07) is 0. The van der Waals surface area contributed by atoms with Crippen LogP contribution < -0.4 is 5.32 Å². The Morgan fingerprint density at radius 2 is 2.22 bits per heavy atom. The van der Waals surface area contributed by atoms with Gasteiger partial charge in [-0.25, -0.2) is 0 Å². The van der Waals surface area contributed by atoms with E-state index in [9.17, 15) is 14.4 Å². The molecule has 0 spiro atoms. The van der Waals surface area contributed by atoms with E-state index in [2.05, 4.69) is 5.32 Å². The smallest absolute Gasteiger partial charge is 0.308 e. The SMILES string of the molecule is CCCC(CNC(=O)C1CC(=O)N(C)C1)C(=O)O. The van der Waals surface area contributed by atoms with Crippen molar-refractivity contribution in [3.63, 3.8) is 0 Å². The Hall–Kier alpha value is -1.59. The van der Waals surface area contributed by atoms with Crippen molar-refractivity contribution >= 4 is 17.8 Å². The van der Waals surface area contributed by atoms with Crippen molar-refractivity contribution in [2.24, 2.45) is 11.8 Å².